The van der Waals surface area contributed by atoms with Crippen molar-refractivity contribution in [1.82, 2.24) is 4.90 Å². The number of hydrogen-bond donors (Lipinski definition) is 2. The molecule has 202 valence electrons. The number of allylic oxidation sites excluding steroid dienone is 2. The minimum atomic E-state index is -0.272. The molecule has 6 nitrogen and oxygen atoms in total. The fourth-order valence-electron chi connectivity index (χ4n) is 6.01. The molecule has 0 aromatic heterocycles. The summed E-state index contributed by atoms with van der Waals surface area (Å²) in [6, 6.07) is 9.01. The molecule has 39 heavy (non-hydrogen) atoms. The fraction of sp³-hybridized carbons (Fsp3) is 0.424. The van der Waals surface area contributed by atoms with Crippen LogP contribution >= 0.6 is 0 Å². The Morgan fingerprint density at radius 1 is 1.03 bits per heavy atom. The number of anilines is 1. The summed E-state index contributed by atoms with van der Waals surface area (Å²) >= 11 is 0. The summed E-state index contributed by atoms with van der Waals surface area (Å²) in [5, 5.41) is 3.51. The molecule has 0 amide bonds. The summed E-state index contributed by atoms with van der Waals surface area (Å²) < 4.78 is 6.51. The smallest absolute Gasteiger partial charge is 0.258 e. The standard InChI is InChI=1S/C33H37N3O3/c1-20-12-16-36(17-13-20)15-7-14-34-25-19-27-30(35-24-11-10-21(33(2,3)4)18-26(24)39-27)29-28(25)31(37)22-8-5-6-9-23(22)32(29)38/h5-6,8-11,18-20,26,34H,7,12-17H2,1-4H3/p+1. The van der Waals surface area contributed by atoms with E-state index >= 15 is 0 Å². The van der Waals surface area contributed by atoms with E-state index in [-0.39, 0.29) is 23.1 Å². The van der Waals surface area contributed by atoms with Crippen LogP contribution in [0.25, 0.3) is 0 Å². The van der Waals surface area contributed by atoms with Crippen molar-refractivity contribution in [2.45, 2.75) is 53.1 Å². The number of nitrogens with one attached hydrogen (secondary N) is 2. The van der Waals surface area contributed by atoms with Crippen LogP contribution in [0.1, 0.15) is 78.8 Å². The lowest BCUT2D eigenvalue weighted by Gasteiger charge is -2.30. The van der Waals surface area contributed by atoms with E-state index in [2.05, 4.69) is 55.1 Å². The van der Waals surface area contributed by atoms with Crippen molar-refractivity contribution in [2.75, 3.05) is 31.5 Å². The van der Waals surface area contributed by atoms with Crippen molar-refractivity contribution in [2.24, 2.45) is 11.3 Å². The number of likely N-dealkylation sites (tertiary alicyclic amines) is 1. The molecular weight excluding hydrogens is 486 g/mol. The molecular formula is C33H38N3O3+. The van der Waals surface area contributed by atoms with E-state index < -0.39 is 0 Å². The lowest BCUT2D eigenvalue weighted by Crippen LogP contribution is -2.72. The number of rotatable bonds is 5. The number of nitrogens with zero attached hydrogens (tertiary/aromatic N) is 1. The van der Waals surface area contributed by atoms with E-state index in [0.29, 0.717) is 45.9 Å². The van der Waals surface area contributed by atoms with Crippen molar-refractivity contribution >= 4 is 28.7 Å². The molecule has 2 heterocycles. The Labute approximate surface area is 230 Å². The third-order valence-electron chi connectivity index (χ3n) is 8.47. The van der Waals surface area contributed by atoms with Crippen LogP contribution in [0.2, 0.25) is 0 Å². The Morgan fingerprint density at radius 3 is 2.41 bits per heavy atom. The van der Waals surface area contributed by atoms with Crippen molar-refractivity contribution in [1.29, 1.82) is 0 Å². The zero-order chi connectivity index (χ0) is 27.3. The van der Waals surface area contributed by atoms with Gasteiger partial charge in [0.1, 0.15) is 5.56 Å². The van der Waals surface area contributed by atoms with Gasteiger partial charge < -0.3 is 15.0 Å². The van der Waals surface area contributed by atoms with Gasteiger partial charge in [0.15, 0.2) is 11.5 Å². The van der Waals surface area contributed by atoms with Gasteiger partial charge in [-0.05, 0) is 61.9 Å². The molecule has 2 aliphatic heterocycles. The van der Waals surface area contributed by atoms with Crippen LogP contribution in [0.5, 0.6) is 5.75 Å². The molecule has 2 N–H and O–H groups in total. The number of fused-ring (bicyclic) bond motifs is 5. The Kier molecular flexibility index (Phi) is 6.54. The van der Waals surface area contributed by atoms with Gasteiger partial charge in [-0.2, -0.15) is 0 Å². The second-order valence-electron chi connectivity index (χ2n) is 12.4. The summed E-state index contributed by atoms with van der Waals surface area (Å²) in [6.45, 7) is 12.9. The van der Waals surface area contributed by atoms with Gasteiger partial charge in [-0.25, -0.2) is 4.99 Å². The number of hydrogen-bond acceptors (Lipinski definition) is 5. The van der Waals surface area contributed by atoms with Gasteiger partial charge in [-0.15, -0.1) is 0 Å². The number of carbonyl (C=O) groups is 2. The van der Waals surface area contributed by atoms with Crippen molar-refractivity contribution in [3.63, 3.8) is 0 Å². The molecule has 1 atom stereocenters. The highest BCUT2D eigenvalue weighted by molar-refractivity contribution is 6.32. The molecule has 2 aromatic carbocycles. The summed E-state index contributed by atoms with van der Waals surface area (Å²) in [5.41, 5.74) is 5.04. The first-order valence-electron chi connectivity index (χ1n) is 14.3. The largest absolute Gasteiger partial charge is 0.468 e. The number of ether oxygens (including phenoxy) is 1. The zero-order valence-corrected chi connectivity index (χ0v) is 23.4. The second-order valence-corrected chi connectivity index (χ2v) is 12.4. The zero-order valence-electron chi connectivity index (χ0n) is 23.4. The number of ketones is 2. The van der Waals surface area contributed by atoms with Gasteiger partial charge in [-0.1, -0.05) is 58.0 Å². The van der Waals surface area contributed by atoms with Gasteiger partial charge in [0, 0.05) is 29.8 Å². The minimum absolute atomic E-state index is 0.00721. The van der Waals surface area contributed by atoms with E-state index in [0.717, 1.165) is 37.7 Å². The van der Waals surface area contributed by atoms with Gasteiger partial charge >= 0.3 is 0 Å². The van der Waals surface area contributed by atoms with E-state index in [1.807, 2.05) is 24.3 Å². The Hall–Kier alpha value is -3.51. The van der Waals surface area contributed by atoms with E-state index in [4.69, 9.17) is 4.74 Å². The fourth-order valence-corrected chi connectivity index (χ4v) is 6.01. The molecule has 2 aliphatic carbocycles. The lowest BCUT2D eigenvalue weighted by atomic mass is 9.81. The highest BCUT2D eigenvalue weighted by Crippen LogP contribution is 2.42. The first-order chi connectivity index (χ1) is 18.7. The normalized spacial score (nSPS) is 20.8. The maximum absolute atomic E-state index is 13.9. The van der Waals surface area contributed by atoms with Gasteiger partial charge in [0.25, 0.3) is 5.69 Å². The molecule has 0 saturated carbocycles. The van der Waals surface area contributed by atoms with Crippen LogP contribution < -0.4 is 15.0 Å². The van der Waals surface area contributed by atoms with Gasteiger partial charge in [0.05, 0.1) is 11.3 Å². The molecule has 0 radical (unpaired) electrons. The third-order valence-corrected chi connectivity index (χ3v) is 8.47. The first kappa shape index (κ1) is 25.8. The van der Waals surface area contributed by atoms with Crippen molar-refractivity contribution in [3.05, 3.63) is 76.4 Å². The quantitative estimate of drug-likeness (QED) is 0.483. The molecule has 1 unspecified atom stereocenters. The summed E-state index contributed by atoms with van der Waals surface area (Å²) in [5.74, 6) is 1.13. The maximum Gasteiger partial charge on any atom is 0.258 e. The predicted octanol–water partition coefficient (Wildman–Crippen LogP) is 4.45. The van der Waals surface area contributed by atoms with Crippen LogP contribution in [0, 0.1) is 11.3 Å². The highest BCUT2D eigenvalue weighted by atomic mass is 16.5. The van der Waals surface area contributed by atoms with E-state index in [1.54, 1.807) is 12.1 Å². The highest BCUT2D eigenvalue weighted by Gasteiger charge is 2.41. The van der Waals surface area contributed by atoms with Crippen molar-refractivity contribution < 1.29 is 19.3 Å². The summed E-state index contributed by atoms with van der Waals surface area (Å²) in [4.78, 5) is 33.7. The molecule has 2 aromatic rings. The molecule has 1 saturated heterocycles. The van der Waals surface area contributed by atoms with Crippen LogP contribution in [0.15, 0.2) is 54.1 Å². The molecule has 0 spiro atoms. The molecule has 6 heteroatoms. The maximum atomic E-state index is 13.9. The number of carbonyl (C=O) groups excluding carboxylic acids is 2. The average molecular weight is 525 g/mol. The Morgan fingerprint density at radius 2 is 1.72 bits per heavy atom. The molecule has 1 fully saturated rings. The SMILES string of the molecule is CC1CCN(CCCNc2cc3c(c4c2C(=O)c2ccccc2C4=O)[NH+]=C2C=CC(C(C)(C)C)=CC2O3)CC1. The monoisotopic (exact) mass is 524 g/mol. The van der Waals surface area contributed by atoms with Gasteiger partial charge in [0.2, 0.25) is 17.6 Å². The summed E-state index contributed by atoms with van der Waals surface area (Å²) in [6.07, 6.45) is 9.46. The first-order valence-corrected chi connectivity index (χ1v) is 14.3. The van der Waals surface area contributed by atoms with Crippen LogP contribution in [0.4, 0.5) is 11.4 Å². The van der Waals surface area contributed by atoms with E-state index in [9.17, 15) is 9.59 Å². The number of piperidine rings is 1. The predicted molar refractivity (Wildman–Crippen MR) is 154 cm³/mol. The average Bonchev–Trinajstić information content (AvgIpc) is 2.92. The van der Waals surface area contributed by atoms with Crippen LogP contribution in [-0.4, -0.2) is 54.5 Å². The topological polar surface area (TPSA) is 72.6 Å². The molecule has 0 bridgehead atoms. The van der Waals surface area contributed by atoms with Crippen LogP contribution in [0.3, 0.4) is 0 Å². The third kappa shape index (κ3) is 4.76. The minimum Gasteiger partial charge on any atom is -0.468 e. The molecule has 6 rings (SSSR count). The van der Waals surface area contributed by atoms with E-state index in [1.165, 1.54) is 18.4 Å². The summed E-state index contributed by atoms with van der Waals surface area (Å²) in [7, 11) is 0. The Balaban J connectivity index is 1.35. The van der Waals surface area contributed by atoms with Crippen molar-refractivity contribution in [3.8, 4) is 5.75 Å². The lowest BCUT2D eigenvalue weighted by molar-refractivity contribution is -0.362. The number of benzene rings is 2. The van der Waals surface area contributed by atoms with Gasteiger partial charge in [-0.3, -0.25) is 9.59 Å². The van der Waals surface area contributed by atoms with Crippen LogP contribution in [-0.2, 0) is 0 Å². The Bertz CT molecular complexity index is 1430. The molecule has 4 aliphatic rings. The second kappa shape index (κ2) is 9.91.